The highest BCUT2D eigenvalue weighted by Gasteiger charge is 2.27. The van der Waals surface area contributed by atoms with E-state index < -0.39 is 0 Å². The number of piperidine rings is 1. The van der Waals surface area contributed by atoms with E-state index in [2.05, 4.69) is 22.6 Å². The van der Waals surface area contributed by atoms with E-state index in [1.807, 2.05) is 30.3 Å². The molecular weight excluding hydrogens is 578 g/mol. The molecule has 2 unspecified atom stereocenters. The minimum atomic E-state index is -0.168. The zero-order chi connectivity index (χ0) is 28.0. The van der Waals surface area contributed by atoms with Gasteiger partial charge >= 0.3 is 0 Å². The van der Waals surface area contributed by atoms with Crippen LogP contribution < -0.4 is 16.5 Å². The summed E-state index contributed by atoms with van der Waals surface area (Å²) in [4.78, 5) is 8.02. The van der Waals surface area contributed by atoms with Crippen molar-refractivity contribution in [2.75, 3.05) is 39.5 Å². The maximum Gasteiger partial charge on any atom is 0.116 e. The van der Waals surface area contributed by atoms with E-state index in [1.54, 1.807) is 6.07 Å². The summed E-state index contributed by atoms with van der Waals surface area (Å²) >= 11 is 25.0. The van der Waals surface area contributed by atoms with Crippen LogP contribution in [0.15, 0.2) is 36.4 Å². The lowest BCUT2D eigenvalue weighted by atomic mass is 9.88. The fourth-order valence-corrected chi connectivity index (χ4v) is 5.97. The Hall–Kier alpha value is -0.640. The molecule has 0 amide bonds. The van der Waals surface area contributed by atoms with Gasteiger partial charge in [-0.2, -0.15) is 5.48 Å². The quantitative estimate of drug-likeness (QED) is 0.100. The van der Waals surface area contributed by atoms with Crippen molar-refractivity contribution >= 4 is 46.4 Å². The molecule has 2 atom stereocenters. The molecule has 0 saturated carbocycles. The molecule has 10 heteroatoms. The van der Waals surface area contributed by atoms with Crippen LogP contribution in [0.4, 0.5) is 0 Å². The number of hydroxylamine groups is 1. The Labute approximate surface area is 253 Å². The molecule has 218 valence electrons. The molecule has 4 N–H and O–H groups in total. The van der Waals surface area contributed by atoms with E-state index in [0.717, 1.165) is 43.7 Å². The molecule has 0 aromatic heterocycles. The molecule has 1 saturated heterocycles. The molecule has 0 spiro atoms. The van der Waals surface area contributed by atoms with Gasteiger partial charge in [-0.05, 0) is 93.3 Å². The van der Waals surface area contributed by atoms with Crippen LogP contribution in [0.2, 0.25) is 20.1 Å². The van der Waals surface area contributed by atoms with Crippen LogP contribution in [0, 0.1) is 0 Å². The second-order valence-corrected chi connectivity index (χ2v) is 11.9. The number of hydrogen-bond donors (Lipinski definition) is 3. The molecule has 0 aliphatic carbocycles. The summed E-state index contributed by atoms with van der Waals surface area (Å²) in [5.41, 5.74) is 10.8. The summed E-state index contributed by atoms with van der Waals surface area (Å²) in [6, 6.07) is 11.7. The first-order chi connectivity index (χ1) is 18.9. The van der Waals surface area contributed by atoms with Gasteiger partial charge in [0.2, 0.25) is 0 Å². The van der Waals surface area contributed by atoms with E-state index in [1.165, 1.54) is 32.1 Å². The van der Waals surface area contributed by atoms with Gasteiger partial charge in [0.1, 0.15) is 6.73 Å². The number of unbranched alkanes of at least 4 members (excludes halogenated alkanes) is 2. The van der Waals surface area contributed by atoms with Crippen LogP contribution in [0.3, 0.4) is 0 Å². The largest absolute Gasteiger partial charge is 0.375 e. The number of halogens is 4. The first-order valence-corrected chi connectivity index (χ1v) is 15.4. The van der Waals surface area contributed by atoms with Crippen LogP contribution >= 0.6 is 46.4 Å². The van der Waals surface area contributed by atoms with Crippen molar-refractivity contribution in [2.45, 2.75) is 70.1 Å². The second-order valence-electron chi connectivity index (χ2n) is 10.2. The Bertz CT molecular complexity index is 972. The number of nitrogens with two attached hydrogens (primary N) is 1. The van der Waals surface area contributed by atoms with E-state index in [4.69, 9.17) is 61.7 Å². The Morgan fingerprint density at radius 1 is 1.00 bits per heavy atom. The molecule has 1 fully saturated rings. The minimum Gasteiger partial charge on any atom is -0.375 e. The third kappa shape index (κ3) is 11.6. The predicted octanol–water partition coefficient (Wildman–Crippen LogP) is 7.04. The molecular formula is C29H42Cl4N4O2. The Morgan fingerprint density at radius 3 is 2.41 bits per heavy atom. The SMILES string of the molecule is CCCCCNC1CCN(CCC(c2ccc(Cl)c(Cl)c2)C(COCc2cc(Cl)cc(Cl)c2)NOCN)CC1. The Morgan fingerprint density at radius 2 is 1.74 bits per heavy atom. The number of hydrogen-bond acceptors (Lipinski definition) is 6. The topological polar surface area (TPSA) is 71.8 Å². The summed E-state index contributed by atoms with van der Waals surface area (Å²) in [5, 5.41) is 5.96. The van der Waals surface area contributed by atoms with Crippen molar-refractivity contribution in [3.05, 3.63) is 67.6 Å². The number of likely N-dealkylation sites (tertiary alicyclic amines) is 1. The van der Waals surface area contributed by atoms with Crippen molar-refractivity contribution in [2.24, 2.45) is 5.73 Å². The lowest BCUT2D eigenvalue weighted by molar-refractivity contribution is -0.0217. The van der Waals surface area contributed by atoms with Crippen molar-refractivity contribution < 1.29 is 9.57 Å². The number of nitrogens with zero attached hydrogens (tertiary/aromatic N) is 1. The highest BCUT2D eigenvalue weighted by Crippen LogP contribution is 2.31. The summed E-state index contributed by atoms with van der Waals surface area (Å²) < 4.78 is 6.12. The van der Waals surface area contributed by atoms with E-state index in [0.29, 0.717) is 39.3 Å². The first kappa shape index (κ1) is 32.9. The maximum atomic E-state index is 6.43. The molecule has 6 nitrogen and oxygen atoms in total. The zero-order valence-corrected chi connectivity index (χ0v) is 25.8. The minimum absolute atomic E-state index is 0.0489. The van der Waals surface area contributed by atoms with Gasteiger partial charge < -0.3 is 20.7 Å². The lowest BCUT2D eigenvalue weighted by Crippen LogP contribution is -2.44. The molecule has 39 heavy (non-hydrogen) atoms. The average Bonchev–Trinajstić information content (AvgIpc) is 2.91. The third-order valence-electron chi connectivity index (χ3n) is 7.22. The fraction of sp³-hybridized carbons (Fsp3) is 0.586. The molecule has 1 heterocycles. The van der Waals surface area contributed by atoms with E-state index >= 15 is 0 Å². The number of nitrogens with one attached hydrogen (secondary N) is 2. The van der Waals surface area contributed by atoms with Gasteiger partial charge in [-0.1, -0.05) is 72.2 Å². The van der Waals surface area contributed by atoms with E-state index in [9.17, 15) is 0 Å². The molecule has 1 aliphatic rings. The van der Waals surface area contributed by atoms with E-state index in [-0.39, 0.29) is 18.7 Å². The van der Waals surface area contributed by atoms with Gasteiger partial charge in [-0.3, -0.25) is 4.84 Å². The normalized spacial score (nSPS) is 16.5. The molecule has 0 bridgehead atoms. The van der Waals surface area contributed by atoms with Crippen molar-refractivity contribution in [3.8, 4) is 0 Å². The first-order valence-electron chi connectivity index (χ1n) is 13.9. The van der Waals surface area contributed by atoms with Crippen LogP contribution in [0.5, 0.6) is 0 Å². The van der Waals surface area contributed by atoms with Gasteiger partial charge in [0.15, 0.2) is 0 Å². The third-order valence-corrected chi connectivity index (χ3v) is 8.40. The van der Waals surface area contributed by atoms with Gasteiger partial charge in [0, 0.05) is 22.0 Å². The van der Waals surface area contributed by atoms with Crippen LogP contribution in [0.1, 0.15) is 62.5 Å². The Kier molecular flexibility index (Phi) is 15.2. The maximum absolute atomic E-state index is 6.43. The summed E-state index contributed by atoms with van der Waals surface area (Å²) in [7, 11) is 0. The fourth-order valence-electron chi connectivity index (χ4n) is 5.09. The number of benzene rings is 2. The average molecular weight is 620 g/mol. The van der Waals surface area contributed by atoms with Crippen LogP contribution in [-0.2, 0) is 16.2 Å². The van der Waals surface area contributed by atoms with Crippen molar-refractivity contribution in [1.82, 2.24) is 15.7 Å². The highest BCUT2D eigenvalue weighted by atomic mass is 35.5. The van der Waals surface area contributed by atoms with Crippen LogP contribution in [-0.4, -0.2) is 56.5 Å². The summed E-state index contributed by atoms with van der Waals surface area (Å²) in [5.74, 6) is 0.0548. The number of ether oxygens (including phenoxy) is 1. The molecule has 2 aromatic rings. The standard InChI is InChI=1S/C29H42Cl4N4O2/c1-2-3-4-10-35-25-7-11-37(12-8-25)13-9-26(22-5-6-27(32)28(33)16-22)29(36-39-20-34)19-38-18-21-14-23(30)17-24(31)15-21/h5-6,14-17,25-26,29,35-36H,2-4,7-13,18-20,34H2,1H3. The van der Waals surface area contributed by atoms with Crippen molar-refractivity contribution in [3.63, 3.8) is 0 Å². The summed E-state index contributed by atoms with van der Waals surface area (Å²) in [6.45, 7) is 7.30. The lowest BCUT2D eigenvalue weighted by Gasteiger charge is -2.35. The Balaban J connectivity index is 1.64. The predicted molar refractivity (Wildman–Crippen MR) is 164 cm³/mol. The smallest absolute Gasteiger partial charge is 0.116 e. The summed E-state index contributed by atoms with van der Waals surface area (Å²) in [6.07, 6.45) is 7.05. The molecule has 2 aromatic carbocycles. The molecule has 3 rings (SSSR count). The molecule has 1 aliphatic heterocycles. The highest BCUT2D eigenvalue weighted by molar-refractivity contribution is 6.42. The molecule has 0 radical (unpaired) electrons. The van der Waals surface area contributed by atoms with Gasteiger partial charge in [-0.25, -0.2) is 0 Å². The number of rotatable bonds is 17. The van der Waals surface area contributed by atoms with Gasteiger partial charge in [-0.15, -0.1) is 0 Å². The van der Waals surface area contributed by atoms with Gasteiger partial charge in [0.05, 0.1) is 29.3 Å². The van der Waals surface area contributed by atoms with Crippen molar-refractivity contribution in [1.29, 1.82) is 0 Å². The monoisotopic (exact) mass is 618 g/mol. The second kappa shape index (κ2) is 18.0. The zero-order valence-electron chi connectivity index (χ0n) is 22.7. The van der Waals surface area contributed by atoms with Crippen LogP contribution in [0.25, 0.3) is 0 Å². The van der Waals surface area contributed by atoms with Gasteiger partial charge in [0.25, 0.3) is 0 Å².